The molecular formula is C53H29NO. The molecule has 0 atom stereocenters. The number of Topliss-reactive ketones (excluding diaryl/α,β-unsaturated/α-hetero) is 1. The Balaban J connectivity index is 1.04. The minimum Gasteiger partial charge on any atom is -0.294 e. The number of nitrogens with zero attached hydrogens (tertiary/aromatic N) is 1. The maximum Gasteiger partial charge on any atom is 0.169 e. The fourth-order valence-corrected chi connectivity index (χ4v) is 9.88. The van der Waals surface area contributed by atoms with E-state index in [9.17, 15) is 4.79 Å². The first-order chi connectivity index (χ1) is 27.1. The predicted octanol–water partition coefficient (Wildman–Crippen LogP) is 14.0. The number of hydrogen-bond acceptors (Lipinski definition) is 2. The molecule has 0 amide bonds. The van der Waals surface area contributed by atoms with Gasteiger partial charge in [-0.15, -0.1) is 0 Å². The van der Waals surface area contributed by atoms with Crippen molar-refractivity contribution in [3.63, 3.8) is 0 Å². The SMILES string of the molecule is O=C1Cc2ncccc2-c2cc3c(ccc4c5cc6c(ccc7c8cc9c(ccc%10c%11cc%12ccccc%12cc%11ccc9%10)cc8ccc67)cc5ccc34)cc21. The Labute approximate surface area is 314 Å². The molecular weight excluding hydrogens is 667 g/mol. The van der Waals surface area contributed by atoms with Crippen LogP contribution in [0.1, 0.15) is 16.1 Å². The van der Waals surface area contributed by atoms with Crippen LogP contribution in [0.4, 0.5) is 0 Å². The lowest BCUT2D eigenvalue weighted by Gasteiger charge is -2.19. The molecule has 0 spiro atoms. The molecule has 0 saturated carbocycles. The van der Waals surface area contributed by atoms with Gasteiger partial charge in [0.15, 0.2) is 5.78 Å². The van der Waals surface area contributed by atoms with Crippen molar-refractivity contribution < 1.29 is 4.79 Å². The molecule has 252 valence electrons. The van der Waals surface area contributed by atoms with Gasteiger partial charge in [-0.1, -0.05) is 103 Å². The first-order valence-corrected chi connectivity index (χ1v) is 19.0. The average Bonchev–Trinajstić information content (AvgIpc) is 3.23. The molecule has 1 heterocycles. The first-order valence-electron chi connectivity index (χ1n) is 19.0. The van der Waals surface area contributed by atoms with Gasteiger partial charge in [0.05, 0.1) is 12.1 Å². The molecule has 0 radical (unpaired) electrons. The van der Waals surface area contributed by atoms with Crippen molar-refractivity contribution in [1.29, 1.82) is 0 Å². The van der Waals surface area contributed by atoms with E-state index in [4.69, 9.17) is 0 Å². The minimum atomic E-state index is 0.135. The molecule has 13 rings (SSSR count). The van der Waals surface area contributed by atoms with Gasteiger partial charge in [-0.2, -0.15) is 0 Å². The third-order valence-corrected chi connectivity index (χ3v) is 12.5. The van der Waals surface area contributed by atoms with E-state index in [1.165, 1.54) is 97.0 Å². The molecule has 2 heteroatoms. The summed E-state index contributed by atoms with van der Waals surface area (Å²) in [4.78, 5) is 17.8. The van der Waals surface area contributed by atoms with E-state index >= 15 is 0 Å². The van der Waals surface area contributed by atoms with E-state index in [1.54, 1.807) is 6.20 Å². The maximum atomic E-state index is 13.2. The Morgan fingerprint density at radius 2 is 0.727 bits per heavy atom. The number of aromatic nitrogens is 1. The largest absolute Gasteiger partial charge is 0.294 e. The Kier molecular flexibility index (Phi) is 5.59. The van der Waals surface area contributed by atoms with Crippen LogP contribution in [-0.2, 0) is 6.42 Å². The molecule has 0 unspecified atom stereocenters. The van der Waals surface area contributed by atoms with Crippen molar-refractivity contribution in [1.82, 2.24) is 4.98 Å². The number of pyridine rings is 1. The number of carbonyl (C=O) groups is 1. The molecule has 0 aliphatic heterocycles. The quantitative estimate of drug-likeness (QED) is 0.117. The number of ketones is 1. The summed E-state index contributed by atoms with van der Waals surface area (Å²) in [5.41, 5.74) is 3.70. The lowest BCUT2D eigenvalue weighted by molar-refractivity contribution is 0.0991. The van der Waals surface area contributed by atoms with Crippen molar-refractivity contribution >= 4 is 114 Å². The molecule has 0 fully saturated rings. The zero-order chi connectivity index (χ0) is 35.9. The highest BCUT2D eigenvalue weighted by atomic mass is 16.1. The van der Waals surface area contributed by atoms with E-state index in [0.29, 0.717) is 6.42 Å². The van der Waals surface area contributed by atoms with Crippen molar-refractivity contribution in [2.24, 2.45) is 0 Å². The fourth-order valence-electron chi connectivity index (χ4n) is 9.88. The lowest BCUT2D eigenvalue weighted by atomic mass is 9.84. The van der Waals surface area contributed by atoms with Crippen molar-refractivity contribution in [2.45, 2.75) is 6.42 Å². The Morgan fingerprint density at radius 3 is 1.24 bits per heavy atom. The van der Waals surface area contributed by atoms with Crippen LogP contribution in [0.5, 0.6) is 0 Å². The van der Waals surface area contributed by atoms with Crippen LogP contribution in [0.2, 0.25) is 0 Å². The van der Waals surface area contributed by atoms with Crippen molar-refractivity contribution in [3.05, 3.63) is 175 Å². The minimum absolute atomic E-state index is 0.135. The summed E-state index contributed by atoms with van der Waals surface area (Å²) in [6.07, 6.45) is 2.13. The van der Waals surface area contributed by atoms with Crippen LogP contribution < -0.4 is 0 Å². The summed E-state index contributed by atoms with van der Waals surface area (Å²) < 4.78 is 0. The molecule has 12 aromatic rings. The highest BCUT2D eigenvalue weighted by Crippen LogP contribution is 2.42. The number of fused-ring (bicyclic) bond motifs is 19. The van der Waals surface area contributed by atoms with Gasteiger partial charge < -0.3 is 0 Å². The van der Waals surface area contributed by atoms with Gasteiger partial charge >= 0.3 is 0 Å². The monoisotopic (exact) mass is 695 g/mol. The summed E-state index contributed by atoms with van der Waals surface area (Å²) in [7, 11) is 0. The van der Waals surface area contributed by atoms with Gasteiger partial charge in [-0.05, 0) is 168 Å². The number of carbonyl (C=O) groups excluding carboxylic acids is 1. The molecule has 2 nitrogen and oxygen atoms in total. The zero-order valence-electron chi connectivity index (χ0n) is 29.7. The number of rotatable bonds is 0. The second-order valence-corrected chi connectivity index (χ2v) is 15.4. The van der Waals surface area contributed by atoms with Crippen LogP contribution in [0.15, 0.2) is 164 Å². The van der Waals surface area contributed by atoms with E-state index in [0.717, 1.165) is 33.2 Å². The topological polar surface area (TPSA) is 30.0 Å². The molecule has 0 bridgehead atoms. The molecule has 0 N–H and O–H groups in total. The van der Waals surface area contributed by atoms with E-state index in [-0.39, 0.29) is 5.78 Å². The Bertz CT molecular complexity index is 3760. The summed E-state index contributed by atoms with van der Waals surface area (Å²) in [6.45, 7) is 0. The van der Waals surface area contributed by atoms with E-state index < -0.39 is 0 Å². The second kappa shape index (κ2) is 10.5. The average molecular weight is 696 g/mol. The lowest BCUT2D eigenvalue weighted by Crippen LogP contribution is -2.13. The van der Waals surface area contributed by atoms with Gasteiger partial charge in [-0.3, -0.25) is 9.78 Å². The van der Waals surface area contributed by atoms with Crippen molar-refractivity contribution in [3.8, 4) is 11.1 Å². The predicted molar refractivity (Wildman–Crippen MR) is 233 cm³/mol. The van der Waals surface area contributed by atoms with Crippen LogP contribution in [0.25, 0.3) is 119 Å². The highest BCUT2D eigenvalue weighted by molar-refractivity contribution is 6.27. The highest BCUT2D eigenvalue weighted by Gasteiger charge is 2.24. The third-order valence-electron chi connectivity index (χ3n) is 12.5. The molecule has 1 aromatic heterocycles. The summed E-state index contributed by atoms with van der Waals surface area (Å²) >= 11 is 0. The number of benzene rings is 11. The second-order valence-electron chi connectivity index (χ2n) is 15.4. The standard InChI is InChI=1S/C53H29NO/c55-53-28-52-43(6-3-19-54-52)50-27-49-36(24-51(50)53)12-18-41-42(49)17-11-35-22-34-10-15-39-40(47(34)26-48(35)41)16-9-33-21-32-8-13-37-38(45(32)25-46(33)39)14-7-31-20-29-4-1-2-5-30(29)23-44(31)37/h1-27H,28H2. The number of hydrogen-bond donors (Lipinski definition) is 0. The molecule has 1 aliphatic rings. The van der Waals surface area contributed by atoms with Crippen LogP contribution in [0.3, 0.4) is 0 Å². The van der Waals surface area contributed by atoms with E-state index in [2.05, 4.69) is 157 Å². The van der Waals surface area contributed by atoms with Crippen LogP contribution in [-0.4, -0.2) is 10.8 Å². The normalized spacial score (nSPS) is 13.1. The Hall–Kier alpha value is -7.16. The Morgan fingerprint density at radius 1 is 0.309 bits per heavy atom. The first kappa shape index (κ1) is 29.3. The smallest absolute Gasteiger partial charge is 0.169 e. The third kappa shape index (κ3) is 4.03. The van der Waals surface area contributed by atoms with Gasteiger partial charge in [-0.25, -0.2) is 0 Å². The van der Waals surface area contributed by atoms with E-state index in [1.807, 2.05) is 6.07 Å². The zero-order valence-corrected chi connectivity index (χ0v) is 29.7. The van der Waals surface area contributed by atoms with Gasteiger partial charge in [0.25, 0.3) is 0 Å². The molecule has 0 saturated heterocycles. The van der Waals surface area contributed by atoms with Crippen LogP contribution in [0, 0.1) is 0 Å². The molecule has 1 aliphatic carbocycles. The van der Waals surface area contributed by atoms with Crippen LogP contribution >= 0.6 is 0 Å². The van der Waals surface area contributed by atoms with Gasteiger partial charge in [0.2, 0.25) is 0 Å². The summed E-state index contributed by atoms with van der Waals surface area (Å²) in [5, 5.41) is 24.9. The van der Waals surface area contributed by atoms with Gasteiger partial charge in [0, 0.05) is 17.3 Å². The molecule has 11 aromatic carbocycles. The maximum absolute atomic E-state index is 13.2. The summed E-state index contributed by atoms with van der Waals surface area (Å²) in [6, 6.07) is 58.5. The summed E-state index contributed by atoms with van der Waals surface area (Å²) in [5.74, 6) is 0.135. The fraction of sp³-hybridized carbons (Fsp3) is 0.0189. The molecule has 55 heavy (non-hydrogen) atoms. The van der Waals surface area contributed by atoms with Gasteiger partial charge in [0.1, 0.15) is 0 Å². The van der Waals surface area contributed by atoms with Crippen molar-refractivity contribution in [2.75, 3.05) is 0 Å².